The maximum Gasteiger partial charge on any atom is 0.183 e. The van der Waals surface area contributed by atoms with Crippen molar-refractivity contribution in [2.75, 3.05) is 0 Å². The molecule has 1 aromatic heterocycles. The van der Waals surface area contributed by atoms with E-state index in [-0.39, 0.29) is 17.7 Å². The summed E-state index contributed by atoms with van der Waals surface area (Å²) in [4.78, 5) is 15.1. The Morgan fingerprint density at radius 1 is 1.33 bits per heavy atom. The van der Waals surface area contributed by atoms with Gasteiger partial charge in [0.2, 0.25) is 0 Å². The van der Waals surface area contributed by atoms with Crippen molar-refractivity contribution < 1.29 is 4.79 Å². The fourth-order valence-electron chi connectivity index (χ4n) is 2.35. The van der Waals surface area contributed by atoms with Gasteiger partial charge in [0.25, 0.3) is 0 Å². The summed E-state index contributed by atoms with van der Waals surface area (Å²) in [5, 5.41) is 0. The molecule has 1 aliphatic rings. The zero-order chi connectivity index (χ0) is 10.7. The van der Waals surface area contributed by atoms with Crippen LogP contribution in [0.15, 0.2) is 18.3 Å². The number of nitrogens with two attached hydrogens (primary N) is 1. The average Bonchev–Trinajstić information content (AvgIpc) is 2.68. The van der Waals surface area contributed by atoms with Crippen LogP contribution in [0.1, 0.15) is 42.6 Å². The highest BCUT2D eigenvalue weighted by molar-refractivity contribution is 5.96. The summed E-state index contributed by atoms with van der Waals surface area (Å²) < 4.78 is 0. The van der Waals surface area contributed by atoms with Gasteiger partial charge in [0.05, 0.1) is 5.69 Å². The maximum atomic E-state index is 12.1. The standard InChI is InChI=1S/C12H18N2O/c13-10-6-3-1-2-5-9(10)12(15)11-7-4-8-14-11/h4,7-10,14H,1-3,5-6,13H2. The number of ketones is 1. The molecule has 0 bridgehead atoms. The van der Waals surface area contributed by atoms with Gasteiger partial charge >= 0.3 is 0 Å². The summed E-state index contributed by atoms with van der Waals surface area (Å²) >= 11 is 0. The van der Waals surface area contributed by atoms with Gasteiger partial charge in [-0.25, -0.2) is 0 Å². The molecule has 1 fully saturated rings. The minimum Gasteiger partial charge on any atom is -0.359 e. The first-order chi connectivity index (χ1) is 7.29. The lowest BCUT2D eigenvalue weighted by atomic mass is 9.90. The van der Waals surface area contributed by atoms with Crippen LogP contribution in [0.3, 0.4) is 0 Å². The molecule has 3 N–H and O–H groups in total. The fourth-order valence-corrected chi connectivity index (χ4v) is 2.35. The third-order valence-electron chi connectivity index (χ3n) is 3.27. The van der Waals surface area contributed by atoms with Crippen molar-refractivity contribution in [3.05, 3.63) is 24.0 Å². The monoisotopic (exact) mass is 206 g/mol. The van der Waals surface area contributed by atoms with Crippen molar-refractivity contribution >= 4 is 5.78 Å². The van der Waals surface area contributed by atoms with Crippen LogP contribution in [0.5, 0.6) is 0 Å². The smallest absolute Gasteiger partial charge is 0.183 e. The third-order valence-corrected chi connectivity index (χ3v) is 3.27. The minimum absolute atomic E-state index is 0.0196. The van der Waals surface area contributed by atoms with E-state index in [4.69, 9.17) is 5.73 Å². The number of aromatic nitrogens is 1. The van der Waals surface area contributed by atoms with Crippen LogP contribution in [-0.2, 0) is 0 Å². The molecule has 15 heavy (non-hydrogen) atoms. The zero-order valence-electron chi connectivity index (χ0n) is 8.91. The summed E-state index contributed by atoms with van der Waals surface area (Å²) in [5.74, 6) is 0.209. The average molecular weight is 206 g/mol. The first kappa shape index (κ1) is 10.4. The van der Waals surface area contributed by atoms with Crippen molar-refractivity contribution in [2.24, 2.45) is 11.7 Å². The number of nitrogens with one attached hydrogen (secondary N) is 1. The predicted octanol–water partition coefficient (Wildman–Crippen LogP) is 2.10. The molecule has 0 radical (unpaired) electrons. The van der Waals surface area contributed by atoms with Gasteiger partial charge < -0.3 is 10.7 Å². The lowest BCUT2D eigenvalue weighted by molar-refractivity contribution is 0.0890. The van der Waals surface area contributed by atoms with Crippen LogP contribution < -0.4 is 5.73 Å². The van der Waals surface area contributed by atoms with Crippen molar-refractivity contribution in [1.29, 1.82) is 0 Å². The molecular weight excluding hydrogens is 188 g/mol. The van der Waals surface area contributed by atoms with Crippen molar-refractivity contribution in [1.82, 2.24) is 4.98 Å². The Hall–Kier alpha value is -1.09. The van der Waals surface area contributed by atoms with Gasteiger partial charge in [-0.15, -0.1) is 0 Å². The van der Waals surface area contributed by atoms with Gasteiger partial charge in [-0.05, 0) is 25.0 Å². The van der Waals surface area contributed by atoms with Gasteiger partial charge in [-0.1, -0.05) is 19.3 Å². The van der Waals surface area contributed by atoms with E-state index in [1.807, 2.05) is 12.1 Å². The number of rotatable bonds is 2. The molecule has 0 spiro atoms. The zero-order valence-corrected chi connectivity index (χ0v) is 8.91. The van der Waals surface area contributed by atoms with E-state index in [2.05, 4.69) is 4.98 Å². The van der Waals surface area contributed by atoms with Crippen molar-refractivity contribution in [3.8, 4) is 0 Å². The molecule has 1 saturated carbocycles. The van der Waals surface area contributed by atoms with Crippen LogP contribution in [0, 0.1) is 5.92 Å². The Labute approximate surface area is 90.1 Å². The normalized spacial score (nSPS) is 27.3. The lowest BCUT2D eigenvalue weighted by Gasteiger charge is -2.19. The number of hydrogen-bond acceptors (Lipinski definition) is 2. The summed E-state index contributed by atoms with van der Waals surface area (Å²) in [6, 6.07) is 3.73. The van der Waals surface area contributed by atoms with Gasteiger partial charge in [0.15, 0.2) is 5.78 Å². The summed E-state index contributed by atoms with van der Waals surface area (Å²) in [5.41, 5.74) is 6.76. The van der Waals surface area contributed by atoms with Crippen LogP contribution >= 0.6 is 0 Å². The van der Waals surface area contributed by atoms with E-state index in [9.17, 15) is 4.79 Å². The molecule has 2 unspecified atom stereocenters. The molecular formula is C12H18N2O. The number of carbonyl (C=O) groups excluding carboxylic acids is 1. The molecule has 3 nitrogen and oxygen atoms in total. The predicted molar refractivity (Wildman–Crippen MR) is 59.7 cm³/mol. The Kier molecular flexibility index (Phi) is 3.21. The largest absolute Gasteiger partial charge is 0.359 e. The van der Waals surface area contributed by atoms with Crippen LogP contribution in [0.4, 0.5) is 0 Å². The number of H-pyrrole nitrogens is 1. The highest BCUT2D eigenvalue weighted by Crippen LogP contribution is 2.24. The Balaban J connectivity index is 2.11. The van der Waals surface area contributed by atoms with E-state index in [0.717, 1.165) is 25.7 Å². The highest BCUT2D eigenvalue weighted by atomic mass is 16.1. The fraction of sp³-hybridized carbons (Fsp3) is 0.583. The van der Waals surface area contributed by atoms with Crippen molar-refractivity contribution in [2.45, 2.75) is 38.1 Å². The van der Waals surface area contributed by atoms with E-state index in [1.165, 1.54) is 6.42 Å². The van der Waals surface area contributed by atoms with Gasteiger partial charge in [-0.3, -0.25) is 4.79 Å². The second kappa shape index (κ2) is 4.62. The molecule has 0 saturated heterocycles. The molecule has 2 rings (SSSR count). The molecule has 0 aromatic carbocycles. The quantitative estimate of drug-likeness (QED) is 0.575. The van der Waals surface area contributed by atoms with Crippen LogP contribution in [0.25, 0.3) is 0 Å². The molecule has 0 amide bonds. The molecule has 0 aliphatic heterocycles. The van der Waals surface area contributed by atoms with Gasteiger partial charge in [0.1, 0.15) is 0 Å². The number of aromatic amines is 1. The minimum atomic E-state index is 0.0196. The topological polar surface area (TPSA) is 58.9 Å². The van der Waals surface area contributed by atoms with Crippen LogP contribution in [-0.4, -0.2) is 16.8 Å². The second-order valence-corrected chi connectivity index (χ2v) is 4.36. The van der Waals surface area contributed by atoms with Gasteiger partial charge in [0, 0.05) is 18.2 Å². The Morgan fingerprint density at radius 3 is 2.87 bits per heavy atom. The van der Waals surface area contributed by atoms with Crippen LogP contribution in [0.2, 0.25) is 0 Å². The Bertz CT molecular complexity index is 318. The van der Waals surface area contributed by atoms with Gasteiger partial charge in [-0.2, -0.15) is 0 Å². The SMILES string of the molecule is NC1CCCCCC1C(=O)c1ccc[nH]1. The van der Waals surface area contributed by atoms with E-state index in [0.29, 0.717) is 5.69 Å². The molecule has 82 valence electrons. The summed E-state index contributed by atoms with van der Waals surface area (Å²) in [6.45, 7) is 0. The first-order valence-corrected chi connectivity index (χ1v) is 5.72. The van der Waals surface area contributed by atoms with E-state index < -0.39 is 0 Å². The maximum absolute atomic E-state index is 12.1. The van der Waals surface area contributed by atoms with Crippen molar-refractivity contribution in [3.63, 3.8) is 0 Å². The molecule has 1 aromatic rings. The van der Waals surface area contributed by atoms with E-state index >= 15 is 0 Å². The second-order valence-electron chi connectivity index (χ2n) is 4.36. The highest BCUT2D eigenvalue weighted by Gasteiger charge is 2.27. The molecule has 1 heterocycles. The molecule has 1 aliphatic carbocycles. The Morgan fingerprint density at radius 2 is 2.13 bits per heavy atom. The first-order valence-electron chi connectivity index (χ1n) is 5.72. The number of hydrogen-bond donors (Lipinski definition) is 2. The number of carbonyl (C=O) groups is 1. The summed E-state index contributed by atoms with van der Waals surface area (Å²) in [7, 11) is 0. The van der Waals surface area contributed by atoms with E-state index in [1.54, 1.807) is 6.20 Å². The molecule has 2 atom stereocenters. The third kappa shape index (κ3) is 2.29. The number of Topliss-reactive ketones (excluding diaryl/α,β-unsaturated/α-hetero) is 1. The molecule has 3 heteroatoms. The lowest BCUT2D eigenvalue weighted by Crippen LogP contribution is -2.34. The summed E-state index contributed by atoms with van der Waals surface area (Å²) in [6.07, 6.45) is 7.22.